The maximum Gasteiger partial charge on any atom is 0.175 e. The number of ether oxygens (including phenoxy) is 1. The van der Waals surface area contributed by atoms with Crippen molar-refractivity contribution in [3.05, 3.63) is 29.8 Å². The molecule has 1 aromatic rings. The maximum atomic E-state index is 8.39. The van der Waals surface area contributed by atoms with E-state index >= 15 is 0 Å². The highest BCUT2D eigenvalue weighted by molar-refractivity contribution is 6.69. The first-order valence-electron chi connectivity index (χ1n) is 3.88. The molecule has 1 aromatic carbocycles. The molecule has 13 heavy (non-hydrogen) atoms. The van der Waals surface area contributed by atoms with Crippen molar-refractivity contribution in [2.24, 2.45) is 5.16 Å². The van der Waals surface area contributed by atoms with E-state index in [1.54, 1.807) is 24.3 Å². The van der Waals surface area contributed by atoms with Crippen molar-refractivity contribution < 1.29 is 9.94 Å². The zero-order valence-corrected chi connectivity index (χ0v) is 7.95. The molecule has 0 heterocycles. The van der Waals surface area contributed by atoms with Gasteiger partial charge in [0.05, 0.1) is 6.61 Å². The van der Waals surface area contributed by atoms with Crippen LogP contribution in [0.2, 0.25) is 0 Å². The zero-order valence-electron chi connectivity index (χ0n) is 7.20. The van der Waals surface area contributed by atoms with Gasteiger partial charge in [-0.1, -0.05) is 16.8 Å². The number of hydrogen-bond donors (Lipinski definition) is 1. The largest absolute Gasteiger partial charge is 0.494 e. The van der Waals surface area contributed by atoms with Crippen LogP contribution in [0, 0.1) is 0 Å². The molecule has 0 unspecified atom stereocenters. The Balaban J connectivity index is 2.81. The van der Waals surface area contributed by atoms with Crippen LogP contribution in [0.15, 0.2) is 29.4 Å². The van der Waals surface area contributed by atoms with Crippen molar-refractivity contribution in [3.63, 3.8) is 0 Å². The summed E-state index contributed by atoms with van der Waals surface area (Å²) < 4.78 is 5.23. The topological polar surface area (TPSA) is 41.8 Å². The first-order chi connectivity index (χ1) is 6.27. The second-order valence-electron chi connectivity index (χ2n) is 2.35. The van der Waals surface area contributed by atoms with Crippen LogP contribution in [-0.4, -0.2) is 17.0 Å². The summed E-state index contributed by atoms with van der Waals surface area (Å²) in [6.45, 7) is 2.54. The summed E-state index contributed by atoms with van der Waals surface area (Å²) in [5, 5.41) is 11.3. The van der Waals surface area contributed by atoms with E-state index in [4.69, 9.17) is 21.5 Å². The number of halogens is 1. The molecule has 4 heteroatoms. The molecule has 1 N–H and O–H groups in total. The van der Waals surface area contributed by atoms with E-state index < -0.39 is 0 Å². The highest BCUT2D eigenvalue weighted by atomic mass is 35.5. The first kappa shape index (κ1) is 9.86. The van der Waals surface area contributed by atoms with E-state index in [0.717, 1.165) is 5.75 Å². The van der Waals surface area contributed by atoms with Gasteiger partial charge in [0.25, 0.3) is 0 Å². The van der Waals surface area contributed by atoms with Crippen LogP contribution in [0.4, 0.5) is 0 Å². The van der Waals surface area contributed by atoms with Crippen molar-refractivity contribution in [1.29, 1.82) is 0 Å². The molecule has 3 nitrogen and oxygen atoms in total. The van der Waals surface area contributed by atoms with Crippen LogP contribution >= 0.6 is 11.6 Å². The summed E-state index contributed by atoms with van der Waals surface area (Å²) in [6.07, 6.45) is 0. The van der Waals surface area contributed by atoms with Crippen LogP contribution in [0.25, 0.3) is 0 Å². The standard InChI is InChI=1S/C9H10ClNO2/c1-2-13-8-5-3-7(4-6-8)9(10)11-12/h3-6,12H,2H2,1H3/b11-9+. The molecule has 0 amide bonds. The van der Waals surface area contributed by atoms with E-state index in [1.165, 1.54) is 0 Å². The summed E-state index contributed by atoms with van der Waals surface area (Å²) >= 11 is 5.58. The predicted octanol–water partition coefficient (Wildman–Crippen LogP) is 2.46. The van der Waals surface area contributed by atoms with Gasteiger partial charge in [0.15, 0.2) is 5.17 Å². The fourth-order valence-electron chi connectivity index (χ4n) is 0.913. The highest BCUT2D eigenvalue weighted by Crippen LogP contribution is 2.13. The van der Waals surface area contributed by atoms with Gasteiger partial charge < -0.3 is 9.94 Å². The second-order valence-corrected chi connectivity index (χ2v) is 2.71. The van der Waals surface area contributed by atoms with Gasteiger partial charge in [-0.2, -0.15) is 0 Å². The Morgan fingerprint density at radius 2 is 2.08 bits per heavy atom. The van der Waals surface area contributed by atoms with Crippen molar-refractivity contribution in [2.45, 2.75) is 6.92 Å². The first-order valence-corrected chi connectivity index (χ1v) is 4.26. The molecule has 0 saturated heterocycles. The molecular formula is C9H10ClNO2. The van der Waals surface area contributed by atoms with E-state index in [9.17, 15) is 0 Å². The lowest BCUT2D eigenvalue weighted by Gasteiger charge is -2.02. The number of hydrogen-bond acceptors (Lipinski definition) is 3. The highest BCUT2D eigenvalue weighted by Gasteiger charge is 1.99. The van der Waals surface area contributed by atoms with E-state index in [1.807, 2.05) is 6.92 Å². The van der Waals surface area contributed by atoms with Gasteiger partial charge in [0.1, 0.15) is 5.75 Å². The molecule has 1 rings (SSSR count). The van der Waals surface area contributed by atoms with E-state index in [2.05, 4.69) is 5.16 Å². The molecule has 0 aliphatic carbocycles. The van der Waals surface area contributed by atoms with Crippen LogP contribution < -0.4 is 4.74 Å². The summed E-state index contributed by atoms with van der Waals surface area (Å²) in [5.41, 5.74) is 0.660. The fraction of sp³-hybridized carbons (Fsp3) is 0.222. The minimum absolute atomic E-state index is 0.0723. The fourth-order valence-corrected chi connectivity index (χ4v) is 1.04. The molecule has 0 fully saturated rings. The Labute approximate surface area is 81.6 Å². The van der Waals surface area contributed by atoms with Gasteiger partial charge in [-0.05, 0) is 31.2 Å². The summed E-state index contributed by atoms with van der Waals surface area (Å²) in [4.78, 5) is 0. The van der Waals surface area contributed by atoms with Crippen LogP contribution in [0.3, 0.4) is 0 Å². The Morgan fingerprint density at radius 1 is 1.46 bits per heavy atom. The Morgan fingerprint density at radius 3 is 2.54 bits per heavy atom. The van der Waals surface area contributed by atoms with Crippen LogP contribution in [-0.2, 0) is 0 Å². The molecule has 0 bridgehead atoms. The normalized spacial score (nSPS) is 11.4. The summed E-state index contributed by atoms with van der Waals surface area (Å²) in [5.74, 6) is 0.772. The van der Waals surface area contributed by atoms with Crippen LogP contribution in [0.1, 0.15) is 12.5 Å². The third-order valence-electron chi connectivity index (χ3n) is 1.49. The molecule has 0 aliphatic heterocycles. The van der Waals surface area contributed by atoms with Gasteiger partial charge in [0, 0.05) is 5.56 Å². The average molecular weight is 200 g/mol. The zero-order chi connectivity index (χ0) is 9.68. The molecule has 0 spiro atoms. The molecule has 0 atom stereocenters. The van der Waals surface area contributed by atoms with Gasteiger partial charge in [-0.15, -0.1) is 0 Å². The van der Waals surface area contributed by atoms with Crippen molar-refractivity contribution in [2.75, 3.05) is 6.61 Å². The SMILES string of the molecule is CCOc1ccc(/C(Cl)=N\O)cc1. The Bertz CT molecular complexity index is 295. The quantitative estimate of drug-likeness (QED) is 0.462. The minimum Gasteiger partial charge on any atom is -0.494 e. The van der Waals surface area contributed by atoms with Crippen molar-refractivity contribution in [3.8, 4) is 5.75 Å². The lowest BCUT2D eigenvalue weighted by Crippen LogP contribution is -1.93. The van der Waals surface area contributed by atoms with Gasteiger partial charge >= 0.3 is 0 Å². The van der Waals surface area contributed by atoms with E-state index in [0.29, 0.717) is 12.2 Å². The van der Waals surface area contributed by atoms with Gasteiger partial charge in [-0.25, -0.2) is 0 Å². The third kappa shape index (κ3) is 2.63. The van der Waals surface area contributed by atoms with E-state index in [-0.39, 0.29) is 5.17 Å². The molecule has 0 radical (unpaired) electrons. The number of rotatable bonds is 3. The monoisotopic (exact) mass is 199 g/mol. The van der Waals surface area contributed by atoms with Gasteiger partial charge in [-0.3, -0.25) is 0 Å². The molecule has 0 aromatic heterocycles. The minimum atomic E-state index is 0.0723. The average Bonchev–Trinajstić information content (AvgIpc) is 2.18. The lowest BCUT2D eigenvalue weighted by atomic mass is 10.2. The Kier molecular flexibility index (Phi) is 3.58. The maximum absolute atomic E-state index is 8.39. The number of benzene rings is 1. The smallest absolute Gasteiger partial charge is 0.175 e. The third-order valence-corrected chi connectivity index (χ3v) is 1.79. The molecular weight excluding hydrogens is 190 g/mol. The molecule has 0 aliphatic rings. The van der Waals surface area contributed by atoms with Crippen molar-refractivity contribution >= 4 is 16.8 Å². The number of oxime groups is 1. The summed E-state index contributed by atoms with van der Waals surface area (Å²) in [6, 6.07) is 7.00. The van der Waals surface area contributed by atoms with Gasteiger partial charge in [0.2, 0.25) is 0 Å². The number of nitrogens with zero attached hydrogens (tertiary/aromatic N) is 1. The summed E-state index contributed by atoms with van der Waals surface area (Å²) in [7, 11) is 0. The predicted molar refractivity (Wildman–Crippen MR) is 51.8 cm³/mol. The van der Waals surface area contributed by atoms with Crippen molar-refractivity contribution in [1.82, 2.24) is 0 Å². The molecule has 70 valence electrons. The lowest BCUT2D eigenvalue weighted by molar-refractivity contribution is 0.320. The van der Waals surface area contributed by atoms with Crippen LogP contribution in [0.5, 0.6) is 5.75 Å². The second kappa shape index (κ2) is 4.72. The Hall–Kier alpha value is -1.22. The molecule has 0 saturated carbocycles.